The number of esters is 1. The third kappa shape index (κ3) is 2.63. The fraction of sp³-hybridized carbons (Fsp3) is 0.333. The first kappa shape index (κ1) is 13.6. The van der Waals surface area contributed by atoms with E-state index in [1.807, 2.05) is 0 Å². The Bertz CT molecular complexity index is 532. The van der Waals surface area contributed by atoms with Gasteiger partial charge in [-0.2, -0.15) is 5.26 Å². The molecule has 6 heteroatoms. The summed E-state index contributed by atoms with van der Waals surface area (Å²) in [6, 6.07) is 4.19. The summed E-state index contributed by atoms with van der Waals surface area (Å²) in [5.41, 5.74) is 0.336. The molecule has 0 atom stereocenters. The van der Waals surface area contributed by atoms with Gasteiger partial charge >= 0.3 is 5.97 Å². The van der Waals surface area contributed by atoms with Crippen LogP contribution in [0.15, 0.2) is 12.1 Å². The highest BCUT2D eigenvalue weighted by Crippen LogP contribution is 2.23. The first-order chi connectivity index (χ1) is 8.54. The van der Waals surface area contributed by atoms with Gasteiger partial charge in [0.05, 0.1) is 22.7 Å². The summed E-state index contributed by atoms with van der Waals surface area (Å²) in [6.45, 7) is 3.59. The molecular formula is C12H12N2O4. The summed E-state index contributed by atoms with van der Waals surface area (Å²) in [6.07, 6.45) is 0.407. The van der Waals surface area contributed by atoms with Crippen LogP contribution in [0.1, 0.15) is 35.3 Å². The summed E-state index contributed by atoms with van der Waals surface area (Å²) in [7, 11) is 0. The van der Waals surface area contributed by atoms with Crippen LogP contribution < -0.4 is 0 Å². The molecule has 0 radical (unpaired) electrons. The number of hydrogen-bond acceptors (Lipinski definition) is 5. The van der Waals surface area contributed by atoms with Crippen molar-refractivity contribution >= 4 is 11.7 Å². The van der Waals surface area contributed by atoms with Crippen molar-refractivity contribution < 1.29 is 14.5 Å². The lowest BCUT2D eigenvalue weighted by molar-refractivity contribution is -0.384. The molecule has 0 aliphatic carbocycles. The average molecular weight is 248 g/mol. The van der Waals surface area contributed by atoms with E-state index in [-0.39, 0.29) is 23.4 Å². The molecule has 0 unspecified atom stereocenters. The monoisotopic (exact) mass is 248 g/mol. The van der Waals surface area contributed by atoms with Gasteiger partial charge in [-0.1, -0.05) is 6.92 Å². The minimum atomic E-state index is -0.624. The number of nitro benzene ring substituents is 1. The SMILES string of the molecule is CCOC(=O)c1c(C#N)cc([N+](=O)[O-])cc1CC. The second-order valence-corrected chi connectivity index (χ2v) is 3.47. The summed E-state index contributed by atoms with van der Waals surface area (Å²) in [5.74, 6) is -0.624. The van der Waals surface area contributed by atoms with Crippen molar-refractivity contribution in [1.29, 1.82) is 5.26 Å². The summed E-state index contributed by atoms with van der Waals surface area (Å²) in [5, 5.41) is 19.7. The first-order valence-electron chi connectivity index (χ1n) is 5.43. The number of aryl methyl sites for hydroxylation is 1. The predicted molar refractivity (Wildman–Crippen MR) is 63.1 cm³/mol. The van der Waals surface area contributed by atoms with E-state index in [0.29, 0.717) is 12.0 Å². The molecule has 0 N–H and O–H groups in total. The van der Waals surface area contributed by atoms with E-state index in [0.717, 1.165) is 6.07 Å². The molecule has 0 aliphatic rings. The lowest BCUT2D eigenvalue weighted by Crippen LogP contribution is -2.11. The zero-order chi connectivity index (χ0) is 13.7. The molecule has 0 fully saturated rings. The zero-order valence-corrected chi connectivity index (χ0v) is 10.1. The second kappa shape index (κ2) is 5.77. The van der Waals surface area contributed by atoms with E-state index in [9.17, 15) is 14.9 Å². The number of nitrogens with zero attached hydrogens (tertiary/aromatic N) is 2. The molecule has 1 aromatic rings. The standard InChI is InChI=1S/C12H12N2O4/c1-3-8-5-10(14(16)17)6-9(7-13)11(8)12(15)18-4-2/h5-6H,3-4H2,1-2H3. The highest BCUT2D eigenvalue weighted by Gasteiger charge is 2.21. The van der Waals surface area contributed by atoms with Crippen molar-refractivity contribution in [3.63, 3.8) is 0 Å². The number of carbonyl (C=O) groups excluding carboxylic acids is 1. The fourth-order valence-corrected chi connectivity index (χ4v) is 1.60. The van der Waals surface area contributed by atoms with Gasteiger partial charge in [0.1, 0.15) is 6.07 Å². The van der Waals surface area contributed by atoms with E-state index in [1.54, 1.807) is 19.9 Å². The van der Waals surface area contributed by atoms with Crippen LogP contribution in [-0.2, 0) is 11.2 Å². The van der Waals surface area contributed by atoms with Gasteiger partial charge in [-0.15, -0.1) is 0 Å². The van der Waals surface area contributed by atoms with Gasteiger partial charge in [-0.05, 0) is 18.9 Å². The summed E-state index contributed by atoms with van der Waals surface area (Å²) >= 11 is 0. The topological polar surface area (TPSA) is 93.2 Å². The highest BCUT2D eigenvalue weighted by molar-refractivity contribution is 5.94. The quantitative estimate of drug-likeness (QED) is 0.462. The van der Waals surface area contributed by atoms with Gasteiger partial charge in [0.25, 0.3) is 5.69 Å². The molecule has 0 aliphatic heterocycles. The number of nitriles is 1. The molecule has 0 saturated heterocycles. The Morgan fingerprint density at radius 2 is 2.17 bits per heavy atom. The first-order valence-corrected chi connectivity index (χ1v) is 5.43. The number of nitro groups is 1. The molecular weight excluding hydrogens is 236 g/mol. The smallest absolute Gasteiger partial charge is 0.339 e. The van der Waals surface area contributed by atoms with Crippen LogP contribution in [0.2, 0.25) is 0 Å². The number of carbonyl (C=O) groups is 1. The van der Waals surface area contributed by atoms with E-state index in [1.165, 1.54) is 6.07 Å². The van der Waals surface area contributed by atoms with Crippen molar-refractivity contribution in [3.05, 3.63) is 38.9 Å². The maximum atomic E-state index is 11.7. The Hall–Kier alpha value is -2.42. The molecule has 6 nitrogen and oxygen atoms in total. The van der Waals surface area contributed by atoms with Crippen LogP contribution in [0.3, 0.4) is 0 Å². The van der Waals surface area contributed by atoms with Crippen LogP contribution in [-0.4, -0.2) is 17.5 Å². The lowest BCUT2D eigenvalue weighted by atomic mass is 9.99. The molecule has 0 spiro atoms. The number of rotatable bonds is 4. The molecule has 0 amide bonds. The third-order valence-electron chi connectivity index (χ3n) is 2.40. The molecule has 94 valence electrons. The number of ether oxygens (including phenoxy) is 1. The average Bonchev–Trinajstić information content (AvgIpc) is 2.36. The Morgan fingerprint density at radius 1 is 1.50 bits per heavy atom. The van der Waals surface area contributed by atoms with Gasteiger partial charge in [0.2, 0.25) is 0 Å². The van der Waals surface area contributed by atoms with Crippen LogP contribution in [0.5, 0.6) is 0 Å². The second-order valence-electron chi connectivity index (χ2n) is 3.47. The molecule has 0 bridgehead atoms. The zero-order valence-electron chi connectivity index (χ0n) is 10.1. The summed E-state index contributed by atoms with van der Waals surface area (Å²) in [4.78, 5) is 21.9. The number of non-ortho nitro benzene ring substituents is 1. The van der Waals surface area contributed by atoms with Gasteiger partial charge in [-0.25, -0.2) is 4.79 Å². The Kier molecular flexibility index (Phi) is 4.38. The molecule has 1 rings (SSSR count). The fourth-order valence-electron chi connectivity index (χ4n) is 1.60. The Balaban J connectivity index is 3.45. The Morgan fingerprint density at radius 3 is 2.61 bits per heavy atom. The van der Waals surface area contributed by atoms with Crippen molar-refractivity contribution in [2.45, 2.75) is 20.3 Å². The molecule has 0 aromatic heterocycles. The predicted octanol–water partition coefficient (Wildman–Crippen LogP) is 2.21. The summed E-state index contributed by atoms with van der Waals surface area (Å²) < 4.78 is 4.85. The van der Waals surface area contributed by atoms with Gasteiger partial charge in [-0.3, -0.25) is 10.1 Å². The molecule has 1 aromatic carbocycles. The van der Waals surface area contributed by atoms with Crippen LogP contribution in [0.4, 0.5) is 5.69 Å². The van der Waals surface area contributed by atoms with Crippen LogP contribution in [0, 0.1) is 21.4 Å². The normalized spacial score (nSPS) is 9.61. The van der Waals surface area contributed by atoms with E-state index in [4.69, 9.17) is 10.00 Å². The van der Waals surface area contributed by atoms with E-state index >= 15 is 0 Å². The minimum absolute atomic E-state index is 0.0282. The number of hydrogen-bond donors (Lipinski definition) is 0. The van der Waals surface area contributed by atoms with Gasteiger partial charge < -0.3 is 4.74 Å². The molecule has 0 saturated carbocycles. The van der Waals surface area contributed by atoms with Crippen molar-refractivity contribution in [3.8, 4) is 6.07 Å². The highest BCUT2D eigenvalue weighted by atomic mass is 16.6. The maximum absolute atomic E-state index is 11.7. The third-order valence-corrected chi connectivity index (χ3v) is 2.40. The molecule has 0 heterocycles. The lowest BCUT2D eigenvalue weighted by Gasteiger charge is -2.08. The van der Waals surface area contributed by atoms with Crippen LogP contribution in [0.25, 0.3) is 0 Å². The number of benzene rings is 1. The van der Waals surface area contributed by atoms with E-state index < -0.39 is 10.9 Å². The van der Waals surface area contributed by atoms with Crippen molar-refractivity contribution in [2.24, 2.45) is 0 Å². The molecule has 18 heavy (non-hydrogen) atoms. The minimum Gasteiger partial charge on any atom is -0.462 e. The Labute approximate surface area is 104 Å². The van der Waals surface area contributed by atoms with E-state index in [2.05, 4.69) is 0 Å². The largest absolute Gasteiger partial charge is 0.462 e. The maximum Gasteiger partial charge on any atom is 0.339 e. The van der Waals surface area contributed by atoms with Gasteiger partial charge in [0, 0.05) is 12.1 Å². The van der Waals surface area contributed by atoms with Crippen LogP contribution >= 0.6 is 0 Å². The van der Waals surface area contributed by atoms with Gasteiger partial charge in [0.15, 0.2) is 0 Å². The van der Waals surface area contributed by atoms with Crippen molar-refractivity contribution in [1.82, 2.24) is 0 Å². The van der Waals surface area contributed by atoms with Crippen molar-refractivity contribution in [2.75, 3.05) is 6.61 Å².